The van der Waals surface area contributed by atoms with Crippen LogP contribution in [0.15, 0.2) is 54.6 Å². The summed E-state index contributed by atoms with van der Waals surface area (Å²) < 4.78 is 26.9. The summed E-state index contributed by atoms with van der Waals surface area (Å²) >= 11 is 0. The number of hydrogen-bond donors (Lipinski definition) is 2. The number of carbonyl (C=O) groups is 1. The van der Waals surface area contributed by atoms with E-state index in [4.69, 9.17) is 0 Å². The molecule has 27 heavy (non-hydrogen) atoms. The van der Waals surface area contributed by atoms with E-state index >= 15 is 0 Å². The molecule has 0 saturated heterocycles. The number of aromatic nitrogens is 2. The van der Waals surface area contributed by atoms with Gasteiger partial charge in [0.1, 0.15) is 17.3 Å². The zero-order valence-corrected chi connectivity index (χ0v) is 14.7. The van der Waals surface area contributed by atoms with Crippen molar-refractivity contribution in [2.75, 3.05) is 11.9 Å². The van der Waals surface area contributed by atoms with Crippen LogP contribution in [0.5, 0.6) is 0 Å². The molecule has 7 heteroatoms. The molecule has 0 aliphatic heterocycles. The Hall–Kier alpha value is -3.35. The molecule has 5 nitrogen and oxygen atoms in total. The number of nitrogens with one attached hydrogen (secondary N) is 2. The van der Waals surface area contributed by atoms with Crippen molar-refractivity contribution < 1.29 is 13.6 Å². The van der Waals surface area contributed by atoms with Crippen LogP contribution in [0.25, 0.3) is 0 Å². The average molecular weight is 368 g/mol. The molecule has 0 aliphatic carbocycles. The molecule has 0 atom stereocenters. The zero-order chi connectivity index (χ0) is 19.2. The fourth-order valence-corrected chi connectivity index (χ4v) is 2.54. The van der Waals surface area contributed by atoms with E-state index in [0.717, 1.165) is 0 Å². The van der Waals surface area contributed by atoms with Crippen LogP contribution in [-0.2, 0) is 6.42 Å². The van der Waals surface area contributed by atoms with E-state index < -0.39 is 5.82 Å². The monoisotopic (exact) mass is 368 g/mol. The fraction of sp³-hybridized carbons (Fsp3) is 0.150. The van der Waals surface area contributed by atoms with Crippen LogP contribution in [0.2, 0.25) is 0 Å². The van der Waals surface area contributed by atoms with E-state index in [1.807, 2.05) is 0 Å². The van der Waals surface area contributed by atoms with Gasteiger partial charge in [-0.2, -0.15) is 0 Å². The molecule has 0 radical (unpaired) electrons. The van der Waals surface area contributed by atoms with E-state index in [1.165, 1.54) is 18.2 Å². The summed E-state index contributed by atoms with van der Waals surface area (Å²) in [6, 6.07) is 13.8. The summed E-state index contributed by atoms with van der Waals surface area (Å²) in [6.07, 6.45) is 0.372. The van der Waals surface area contributed by atoms with Crippen LogP contribution in [0, 0.1) is 18.6 Å². The molecule has 2 N–H and O–H groups in total. The van der Waals surface area contributed by atoms with E-state index in [1.54, 1.807) is 43.3 Å². The highest BCUT2D eigenvalue weighted by molar-refractivity contribution is 5.92. The molecule has 0 bridgehead atoms. The van der Waals surface area contributed by atoms with Crippen molar-refractivity contribution >= 4 is 17.5 Å². The smallest absolute Gasteiger partial charge is 0.270 e. The predicted molar refractivity (Wildman–Crippen MR) is 98.9 cm³/mol. The summed E-state index contributed by atoms with van der Waals surface area (Å²) in [7, 11) is 0. The van der Waals surface area contributed by atoms with Crippen molar-refractivity contribution in [2.45, 2.75) is 13.3 Å². The Balaban J connectivity index is 1.66. The Bertz CT molecular complexity index is 962. The molecular weight excluding hydrogens is 350 g/mol. The van der Waals surface area contributed by atoms with Gasteiger partial charge in [0, 0.05) is 17.9 Å². The quantitative estimate of drug-likeness (QED) is 0.695. The largest absolute Gasteiger partial charge is 0.350 e. The molecule has 3 aromatic rings. The molecule has 0 fully saturated rings. The summed E-state index contributed by atoms with van der Waals surface area (Å²) in [5, 5.41) is 5.60. The molecule has 1 aromatic heterocycles. The summed E-state index contributed by atoms with van der Waals surface area (Å²) in [6.45, 7) is 2.00. The Morgan fingerprint density at radius 1 is 1.04 bits per heavy atom. The van der Waals surface area contributed by atoms with Gasteiger partial charge in [0.25, 0.3) is 5.91 Å². The number of carbonyl (C=O) groups excluding carboxylic acids is 1. The molecular formula is C20H18F2N4O. The maximum absolute atomic E-state index is 13.6. The van der Waals surface area contributed by atoms with Crippen LogP contribution in [-0.4, -0.2) is 22.4 Å². The van der Waals surface area contributed by atoms with Crippen LogP contribution in [0.3, 0.4) is 0 Å². The van der Waals surface area contributed by atoms with E-state index in [0.29, 0.717) is 23.4 Å². The first-order chi connectivity index (χ1) is 13.0. The normalized spacial score (nSPS) is 10.5. The predicted octanol–water partition coefficient (Wildman–Crippen LogP) is 3.78. The highest BCUT2D eigenvalue weighted by Gasteiger charge is 2.11. The summed E-state index contributed by atoms with van der Waals surface area (Å²) in [5.74, 6) is -0.885. The SMILES string of the molecule is Cc1cc(C(=O)NCCc2ccccc2F)nc(Nc2cccc(F)c2)n1. The Morgan fingerprint density at radius 3 is 2.63 bits per heavy atom. The molecule has 1 heterocycles. The van der Waals surface area contributed by atoms with Crippen molar-refractivity contribution in [3.8, 4) is 0 Å². The minimum atomic E-state index is -0.390. The van der Waals surface area contributed by atoms with Crippen molar-refractivity contribution in [1.82, 2.24) is 15.3 Å². The zero-order valence-electron chi connectivity index (χ0n) is 14.7. The molecule has 138 valence electrons. The van der Waals surface area contributed by atoms with Gasteiger partial charge in [0.15, 0.2) is 0 Å². The third-order valence-corrected chi connectivity index (χ3v) is 3.81. The first-order valence-electron chi connectivity index (χ1n) is 8.41. The maximum Gasteiger partial charge on any atom is 0.270 e. The number of nitrogens with zero attached hydrogens (tertiary/aromatic N) is 2. The Morgan fingerprint density at radius 2 is 1.85 bits per heavy atom. The summed E-state index contributed by atoms with van der Waals surface area (Å²) in [5.41, 5.74) is 1.77. The minimum absolute atomic E-state index is 0.176. The van der Waals surface area contributed by atoms with Crippen LogP contribution >= 0.6 is 0 Å². The lowest BCUT2D eigenvalue weighted by Crippen LogP contribution is -2.27. The second-order valence-corrected chi connectivity index (χ2v) is 5.95. The van der Waals surface area contributed by atoms with Crippen molar-refractivity contribution in [3.63, 3.8) is 0 Å². The van der Waals surface area contributed by atoms with Gasteiger partial charge in [0.05, 0.1) is 0 Å². The highest BCUT2D eigenvalue weighted by atomic mass is 19.1. The van der Waals surface area contributed by atoms with Gasteiger partial charge in [-0.3, -0.25) is 4.79 Å². The van der Waals surface area contributed by atoms with Gasteiger partial charge in [-0.25, -0.2) is 18.7 Å². The number of halogens is 2. The molecule has 0 spiro atoms. The lowest BCUT2D eigenvalue weighted by atomic mass is 10.1. The fourth-order valence-electron chi connectivity index (χ4n) is 2.54. The van der Waals surface area contributed by atoms with Crippen LogP contribution in [0.1, 0.15) is 21.7 Å². The average Bonchev–Trinajstić information content (AvgIpc) is 2.63. The minimum Gasteiger partial charge on any atom is -0.350 e. The molecule has 2 aromatic carbocycles. The molecule has 0 saturated carbocycles. The second kappa shape index (κ2) is 8.35. The first kappa shape index (κ1) is 18.4. The van der Waals surface area contributed by atoms with E-state index in [9.17, 15) is 13.6 Å². The lowest BCUT2D eigenvalue weighted by Gasteiger charge is -2.09. The number of hydrogen-bond acceptors (Lipinski definition) is 4. The summed E-state index contributed by atoms with van der Waals surface area (Å²) in [4.78, 5) is 20.7. The number of benzene rings is 2. The van der Waals surface area contributed by atoms with Crippen molar-refractivity contribution in [2.24, 2.45) is 0 Å². The third-order valence-electron chi connectivity index (χ3n) is 3.81. The maximum atomic E-state index is 13.6. The van der Waals surface area contributed by atoms with Gasteiger partial charge in [-0.1, -0.05) is 24.3 Å². The van der Waals surface area contributed by atoms with Crippen LogP contribution < -0.4 is 10.6 Å². The highest BCUT2D eigenvalue weighted by Crippen LogP contribution is 2.15. The lowest BCUT2D eigenvalue weighted by molar-refractivity contribution is 0.0949. The van der Waals surface area contributed by atoms with Gasteiger partial charge < -0.3 is 10.6 Å². The van der Waals surface area contributed by atoms with Crippen molar-refractivity contribution in [3.05, 3.63) is 83.2 Å². The molecule has 3 rings (SSSR count). The Kier molecular flexibility index (Phi) is 5.71. The number of aryl methyl sites for hydroxylation is 1. The number of rotatable bonds is 6. The number of amides is 1. The van der Waals surface area contributed by atoms with Crippen LogP contribution in [0.4, 0.5) is 20.4 Å². The third kappa shape index (κ3) is 5.07. The van der Waals surface area contributed by atoms with E-state index in [-0.39, 0.29) is 29.9 Å². The number of anilines is 2. The first-order valence-corrected chi connectivity index (χ1v) is 8.41. The molecule has 0 aliphatic rings. The second-order valence-electron chi connectivity index (χ2n) is 5.95. The van der Waals surface area contributed by atoms with Gasteiger partial charge in [0.2, 0.25) is 5.95 Å². The van der Waals surface area contributed by atoms with E-state index in [2.05, 4.69) is 20.6 Å². The van der Waals surface area contributed by atoms with Gasteiger partial charge >= 0.3 is 0 Å². The molecule has 1 amide bonds. The van der Waals surface area contributed by atoms with Gasteiger partial charge in [-0.05, 0) is 49.2 Å². The molecule has 0 unspecified atom stereocenters. The standard InChI is InChI=1S/C20H18F2N4O/c1-13-11-18(19(27)23-10-9-14-5-2-3-8-17(14)22)26-20(24-13)25-16-7-4-6-15(21)12-16/h2-8,11-12H,9-10H2,1H3,(H,23,27)(H,24,25,26). The van der Waals surface area contributed by atoms with Crippen molar-refractivity contribution in [1.29, 1.82) is 0 Å². The van der Waals surface area contributed by atoms with Gasteiger partial charge in [-0.15, -0.1) is 0 Å². The topological polar surface area (TPSA) is 66.9 Å². The Labute approximate surface area is 155 Å².